The molecule has 2 N–H and O–H groups in total. The SMILES string of the molecule is COC(=O)CCC(NC(=O)Cc1ncccc1C)C(=O)O. The molecule has 1 atom stereocenters. The summed E-state index contributed by atoms with van der Waals surface area (Å²) in [5.41, 5.74) is 1.45. The summed E-state index contributed by atoms with van der Waals surface area (Å²) in [5, 5.41) is 11.4. The van der Waals surface area contributed by atoms with Crippen LogP contribution < -0.4 is 5.32 Å². The van der Waals surface area contributed by atoms with Crippen molar-refractivity contribution in [2.75, 3.05) is 7.11 Å². The first-order valence-corrected chi connectivity index (χ1v) is 6.43. The normalized spacial score (nSPS) is 11.5. The molecule has 114 valence electrons. The number of esters is 1. The number of carbonyl (C=O) groups excluding carboxylic acids is 2. The largest absolute Gasteiger partial charge is 0.480 e. The van der Waals surface area contributed by atoms with Crippen LogP contribution in [0.3, 0.4) is 0 Å². The Hall–Kier alpha value is -2.44. The zero-order valence-corrected chi connectivity index (χ0v) is 12.0. The highest BCUT2D eigenvalue weighted by Crippen LogP contribution is 2.05. The Morgan fingerprint density at radius 2 is 2.14 bits per heavy atom. The summed E-state index contributed by atoms with van der Waals surface area (Å²) < 4.78 is 4.44. The molecule has 0 aliphatic rings. The molecule has 7 nitrogen and oxygen atoms in total. The summed E-state index contributed by atoms with van der Waals surface area (Å²) in [7, 11) is 1.22. The van der Waals surface area contributed by atoms with E-state index in [0.29, 0.717) is 5.69 Å². The first-order valence-electron chi connectivity index (χ1n) is 6.43. The van der Waals surface area contributed by atoms with E-state index in [2.05, 4.69) is 15.0 Å². The average Bonchev–Trinajstić information content (AvgIpc) is 2.45. The first-order chi connectivity index (χ1) is 9.93. The molecular weight excluding hydrogens is 276 g/mol. The van der Waals surface area contributed by atoms with Crippen molar-refractivity contribution in [1.29, 1.82) is 0 Å². The van der Waals surface area contributed by atoms with Gasteiger partial charge in [0.15, 0.2) is 0 Å². The van der Waals surface area contributed by atoms with Crippen molar-refractivity contribution in [2.24, 2.45) is 0 Å². The molecule has 1 aromatic rings. The van der Waals surface area contributed by atoms with Crippen LogP contribution in [0.5, 0.6) is 0 Å². The molecule has 0 aliphatic heterocycles. The van der Waals surface area contributed by atoms with Crippen molar-refractivity contribution >= 4 is 17.8 Å². The topological polar surface area (TPSA) is 106 Å². The van der Waals surface area contributed by atoms with Gasteiger partial charge in [0, 0.05) is 12.6 Å². The van der Waals surface area contributed by atoms with Crippen molar-refractivity contribution in [3.63, 3.8) is 0 Å². The number of carboxylic acids is 1. The van der Waals surface area contributed by atoms with Gasteiger partial charge >= 0.3 is 11.9 Å². The third kappa shape index (κ3) is 5.60. The van der Waals surface area contributed by atoms with Gasteiger partial charge in [0.1, 0.15) is 6.04 Å². The van der Waals surface area contributed by atoms with E-state index in [1.807, 2.05) is 13.0 Å². The molecule has 0 saturated heterocycles. The number of aliphatic carboxylic acids is 1. The summed E-state index contributed by atoms with van der Waals surface area (Å²) in [6, 6.07) is 2.45. The van der Waals surface area contributed by atoms with Crippen molar-refractivity contribution < 1.29 is 24.2 Å². The van der Waals surface area contributed by atoms with Crippen LogP contribution in [0.1, 0.15) is 24.1 Å². The van der Waals surface area contributed by atoms with E-state index < -0.39 is 23.9 Å². The van der Waals surface area contributed by atoms with Crippen LogP contribution >= 0.6 is 0 Å². The fourth-order valence-electron chi connectivity index (χ4n) is 1.72. The molecule has 1 aromatic heterocycles. The second-order valence-corrected chi connectivity index (χ2v) is 4.52. The molecule has 1 unspecified atom stereocenters. The highest BCUT2D eigenvalue weighted by Gasteiger charge is 2.21. The lowest BCUT2D eigenvalue weighted by molar-refractivity contribution is -0.144. The Kier molecular flexibility index (Phi) is 6.32. The van der Waals surface area contributed by atoms with Gasteiger partial charge in [-0.2, -0.15) is 0 Å². The first kappa shape index (κ1) is 16.6. The maximum absolute atomic E-state index is 11.9. The minimum atomic E-state index is -1.19. The number of hydrogen-bond acceptors (Lipinski definition) is 5. The summed E-state index contributed by atoms with van der Waals surface area (Å²) in [6.45, 7) is 1.82. The zero-order valence-electron chi connectivity index (χ0n) is 12.0. The maximum atomic E-state index is 11.9. The molecule has 0 saturated carbocycles. The van der Waals surface area contributed by atoms with E-state index >= 15 is 0 Å². The number of rotatable bonds is 7. The molecule has 1 rings (SSSR count). The van der Waals surface area contributed by atoms with Gasteiger partial charge in [0.2, 0.25) is 5.91 Å². The predicted octanol–water partition coefficient (Wildman–Crippen LogP) is 0.455. The van der Waals surface area contributed by atoms with Crippen LogP contribution in [0.25, 0.3) is 0 Å². The van der Waals surface area contributed by atoms with Gasteiger partial charge in [-0.1, -0.05) is 6.07 Å². The number of pyridine rings is 1. The molecule has 0 bridgehead atoms. The third-order valence-electron chi connectivity index (χ3n) is 2.94. The zero-order chi connectivity index (χ0) is 15.8. The Morgan fingerprint density at radius 3 is 2.71 bits per heavy atom. The fourth-order valence-corrected chi connectivity index (χ4v) is 1.72. The molecule has 0 fully saturated rings. The number of carbonyl (C=O) groups is 3. The van der Waals surface area contributed by atoms with Gasteiger partial charge in [0.25, 0.3) is 0 Å². The second kappa shape index (κ2) is 7.98. The molecule has 0 radical (unpaired) electrons. The van der Waals surface area contributed by atoms with Crippen LogP contribution in [0.15, 0.2) is 18.3 Å². The average molecular weight is 294 g/mol. The van der Waals surface area contributed by atoms with Crippen LogP contribution in [0, 0.1) is 6.92 Å². The summed E-state index contributed by atoms with van der Waals surface area (Å²) in [4.78, 5) is 38.0. The third-order valence-corrected chi connectivity index (χ3v) is 2.94. The molecule has 0 spiro atoms. The standard InChI is InChI=1S/C14H18N2O5/c1-9-4-3-7-15-11(9)8-12(17)16-10(14(19)20)5-6-13(18)21-2/h3-4,7,10H,5-6,8H2,1-2H3,(H,16,17)(H,19,20). The van der Waals surface area contributed by atoms with Crippen LogP contribution in [-0.2, 0) is 25.5 Å². The Labute approximate surface area is 122 Å². The Morgan fingerprint density at radius 1 is 1.43 bits per heavy atom. The summed E-state index contributed by atoms with van der Waals surface area (Å²) >= 11 is 0. The maximum Gasteiger partial charge on any atom is 0.326 e. The van der Waals surface area contributed by atoms with Gasteiger partial charge in [-0.05, 0) is 25.0 Å². The highest BCUT2D eigenvalue weighted by molar-refractivity contribution is 5.85. The molecule has 0 aliphatic carbocycles. The molecule has 0 aromatic carbocycles. The van der Waals surface area contributed by atoms with Gasteiger partial charge in [0.05, 0.1) is 19.2 Å². The predicted molar refractivity (Wildman–Crippen MR) is 73.5 cm³/mol. The van der Waals surface area contributed by atoms with E-state index in [4.69, 9.17) is 5.11 Å². The summed E-state index contributed by atoms with van der Waals surface area (Å²) in [5.74, 6) is -2.16. The fraction of sp³-hybridized carbons (Fsp3) is 0.429. The second-order valence-electron chi connectivity index (χ2n) is 4.52. The molecule has 21 heavy (non-hydrogen) atoms. The number of carboxylic acid groups (broad SMARTS) is 1. The summed E-state index contributed by atoms with van der Waals surface area (Å²) in [6.07, 6.45) is 1.47. The minimum absolute atomic E-state index is 0.00528. The van der Waals surface area contributed by atoms with Gasteiger partial charge in [-0.3, -0.25) is 14.6 Å². The number of aryl methyl sites for hydroxylation is 1. The molecule has 7 heteroatoms. The van der Waals surface area contributed by atoms with Crippen LogP contribution in [0.2, 0.25) is 0 Å². The van der Waals surface area contributed by atoms with E-state index in [-0.39, 0.29) is 19.3 Å². The number of amides is 1. The Bertz CT molecular complexity index is 530. The van der Waals surface area contributed by atoms with Crippen LogP contribution in [-0.4, -0.2) is 41.1 Å². The number of ether oxygens (including phenoxy) is 1. The lowest BCUT2D eigenvalue weighted by atomic mass is 10.1. The lowest BCUT2D eigenvalue weighted by Crippen LogP contribution is -2.42. The Balaban J connectivity index is 2.58. The van der Waals surface area contributed by atoms with Crippen molar-refractivity contribution in [3.8, 4) is 0 Å². The van der Waals surface area contributed by atoms with Gasteiger partial charge in [-0.15, -0.1) is 0 Å². The minimum Gasteiger partial charge on any atom is -0.480 e. The van der Waals surface area contributed by atoms with E-state index in [0.717, 1.165) is 5.56 Å². The molecular formula is C14H18N2O5. The van der Waals surface area contributed by atoms with Crippen molar-refractivity contribution in [2.45, 2.75) is 32.2 Å². The molecule has 1 heterocycles. The smallest absolute Gasteiger partial charge is 0.326 e. The van der Waals surface area contributed by atoms with E-state index in [1.165, 1.54) is 7.11 Å². The van der Waals surface area contributed by atoms with Crippen molar-refractivity contribution in [3.05, 3.63) is 29.6 Å². The number of nitrogens with zero attached hydrogens (tertiary/aromatic N) is 1. The number of hydrogen-bond donors (Lipinski definition) is 2. The van der Waals surface area contributed by atoms with Crippen LogP contribution in [0.4, 0.5) is 0 Å². The number of methoxy groups -OCH3 is 1. The van der Waals surface area contributed by atoms with Gasteiger partial charge in [-0.25, -0.2) is 4.79 Å². The highest BCUT2D eigenvalue weighted by atomic mass is 16.5. The van der Waals surface area contributed by atoms with E-state index in [9.17, 15) is 14.4 Å². The number of nitrogens with one attached hydrogen (secondary N) is 1. The molecule has 1 amide bonds. The lowest BCUT2D eigenvalue weighted by Gasteiger charge is -2.14. The van der Waals surface area contributed by atoms with Gasteiger partial charge < -0.3 is 15.2 Å². The van der Waals surface area contributed by atoms with Crippen molar-refractivity contribution in [1.82, 2.24) is 10.3 Å². The van der Waals surface area contributed by atoms with E-state index in [1.54, 1.807) is 12.3 Å². The monoisotopic (exact) mass is 294 g/mol. The quantitative estimate of drug-likeness (QED) is 0.707. The number of aromatic nitrogens is 1.